The Hall–Kier alpha value is -1.90. The minimum atomic E-state index is 0.806. The minimum Gasteiger partial charge on any atom is -0.323 e. The molecule has 0 fully saturated rings. The van der Waals surface area contributed by atoms with E-state index in [9.17, 15) is 0 Å². The first-order valence-corrected chi connectivity index (χ1v) is 3.99. The minimum absolute atomic E-state index is 0.806. The Morgan fingerprint density at radius 3 is 2.92 bits per heavy atom. The highest BCUT2D eigenvalue weighted by atomic mass is 15.1. The molecule has 0 aliphatic carbocycles. The molecule has 1 aromatic heterocycles. The monoisotopic (exact) mass is 171 g/mol. The molecule has 0 saturated heterocycles. The topological polar surface area (TPSA) is 51.3 Å². The van der Waals surface area contributed by atoms with E-state index >= 15 is 0 Å². The van der Waals surface area contributed by atoms with Gasteiger partial charge in [0.05, 0.1) is 11.9 Å². The lowest BCUT2D eigenvalue weighted by Gasteiger charge is -1.98. The molecule has 0 aliphatic heterocycles. The van der Waals surface area contributed by atoms with Crippen molar-refractivity contribution in [3.8, 4) is 0 Å². The van der Waals surface area contributed by atoms with Crippen molar-refractivity contribution in [2.75, 3.05) is 0 Å². The average molecular weight is 171 g/mol. The number of fused-ring (bicyclic) bond motifs is 1. The van der Waals surface area contributed by atoms with Crippen LogP contribution < -0.4 is 5.84 Å². The van der Waals surface area contributed by atoms with E-state index in [4.69, 9.17) is 5.84 Å². The lowest BCUT2D eigenvalue weighted by atomic mass is 10.1. The van der Waals surface area contributed by atoms with Gasteiger partial charge in [-0.25, -0.2) is 0 Å². The van der Waals surface area contributed by atoms with Crippen LogP contribution in [0.5, 0.6) is 0 Å². The fourth-order valence-corrected chi connectivity index (χ4v) is 1.32. The number of rotatable bonds is 1. The molecule has 2 N–H and O–H groups in total. The zero-order valence-corrected chi connectivity index (χ0v) is 7.01. The van der Waals surface area contributed by atoms with E-state index in [0.29, 0.717) is 0 Å². The van der Waals surface area contributed by atoms with Gasteiger partial charge in [-0.05, 0) is 11.5 Å². The maximum Gasteiger partial charge on any atom is 0.0908 e. The van der Waals surface area contributed by atoms with Gasteiger partial charge in [-0.2, -0.15) is 5.10 Å². The maximum atomic E-state index is 5.08. The van der Waals surface area contributed by atoms with E-state index in [0.717, 1.165) is 16.5 Å². The third-order valence-electron chi connectivity index (χ3n) is 1.90. The molecule has 1 aromatic carbocycles. The molecule has 3 nitrogen and oxygen atoms in total. The average Bonchev–Trinajstić information content (AvgIpc) is 2.19. The summed E-state index contributed by atoms with van der Waals surface area (Å²) >= 11 is 0. The van der Waals surface area contributed by atoms with Crippen LogP contribution in [0.25, 0.3) is 10.8 Å². The lowest BCUT2D eigenvalue weighted by Crippen LogP contribution is -1.91. The van der Waals surface area contributed by atoms with Crippen LogP contribution in [-0.2, 0) is 0 Å². The first kappa shape index (κ1) is 7.73. The second-order valence-corrected chi connectivity index (χ2v) is 2.70. The van der Waals surface area contributed by atoms with Crippen molar-refractivity contribution in [3.63, 3.8) is 0 Å². The molecule has 0 amide bonds. The van der Waals surface area contributed by atoms with Gasteiger partial charge in [-0.3, -0.25) is 4.98 Å². The van der Waals surface area contributed by atoms with Crippen molar-refractivity contribution in [2.24, 2.45) is 10.9 Å². The summed E-state index contributed by atoms with van der Waals surface area (Å²) in [5.74, 6) is 5.08. The highest BCUT2D eigenvalue weighted by Crippen LogP contribution is 2.14. The largest absolute Gasteiger partial charge is 0.323 e. The first-order chi connectivity index (χ1) is 6.42. The second kappa shape index (κ2) is 3.23. The van der Waals surface area contributed by atoms with E-state index in [1.165, 1.54) is 0 Å². The van der Waals surface area contributed by atoms with E-state index in [1.807, 2.05) is 30.3 Å². The number of pyridine rings is 1. The summed E-state index contributed by atoms with van der Waals surface area (Å²) in [6.07, 6.45) is 3.31. The van der Waals surface area contributed by atoms with Crippen LogP contribution in [0.1, 0.15) is 5.69 Å². The molecule has 0 aliphatic rings. The highest BCUT2D eigenvalue weighted by Gasteiger charge is 1.97. The number of aromatic nitrogens is 1. The van der Waals surface area contributed by atoms with Gasteiger partial charge < -0.3 is 5.84 Å². The Balaban J connectivity index is 2.75. The summed E-state index contributed by atoms with van der Waals surface area (Å²) in [7, 11) is 0. The summed E-state index contributed by atoms with van der Waals surface area (Å²) in [6, 6.07) is 9.96. The molecule has 2 rings (SSSR count). The van der Waals surface area contributed by atoms with Gasteiger partial charge in [0.15, 0.2) is 0 Å². The van der Waals surface area contributed by atoms with Crippen LogP contribution in [-0.4, -0.2) is 11.2 Å². The lowest BCUT2D eigenvalue weighted by molar-refractivity contribution is 1.24. The van der Waals surface area contributed by atoms with E-state index in [2.05, 4.69) is 10.1 Å². The van der Waals surface area contributed by atoms with Crippen molar-refractivity contribution in [2.45, 2.75) is 0 Å². The summed E-state index contributed by atoms with van der Waals surface area (Å²) in [4.78, 5) is 4.17. The van der Waals surface area contributed by atoms with Gasteiger partial charge in [0.2, 0.25) is 0 Å². The Morgan fingerprint density at radius 2 is 2.08 bits per heavy atom. The van der Waals surface area contributed by atoms with Crippen LogP contribution in [0.3, 0.4) is 0 Å². The summed E-state index contributed by atoms with van der Waals surface area (Å²) in [5, 5.41) is 5.68. The normalized spacial score (nSPS) is 11.1. The van der Waals surface area contributed by atoms with Crippen LogP contribution >= 0.6 is 0 Å². The van der Waals surface area contributed by atoms with E-state index < -0.39 is 0 Å². The molecule has 0 atom stereocenters. The number of hydrazone groups is 1. The number of hydrogen-bond donors (Lipinski definition) is 1. The Labute approximate surface area is 75.9 Å². The third-order valence-corrected chi connectivity index (χ3v) is 1.90. The van der Waals surface area contributed by atoms with Gasteiger partial charge in [0.25, 0.3) is 0 Å². The molecule has 2 aromatic rings. The molecule has 0 unspecified atom stereocenters. The molecular weight excluding hydrogens is 162 g/mol. The van der Waals surface area contributed by atoms with Gasteiger partial charge in [0, 0.05) is 11.6 Å². The molecule has 0 spiro atoms. The van der Waals surface area contributed by atoms with Crippen LogP contribution in [0.4, 0.5) is 0 Å². The van der Waals surface area contributed by atoms with Crippen LogP contribution in [0.2, 0.25) is 0 Å². The summed E-state index contributed by atoms with van der Waals surface area (Å²) in [5.41, 5.74) is 0.806. The number of nitrogens with zero attached hydrogens (tertiary/aromatic N) is 2. The Kier molecular flexibility index (Phi) is 1.92. The molecule has 0 bridgehead atoms. The van der Waals surface area contributed by atoms with Gasteiger partial charge in [-0.15, -0.1) is 0 Å². The fraction of sp³-hybridized carbons (Fsp3) is 0. The SMILES string of the molecule is NN=Cc1nccc2ccccc12. The zero-order chi connectivity index (χ0) is 9.10. The summed E-state index contributed by atoms with van der Waals surface area (Å²) in [6.45, 7) is 0. The Bertz CT molecular complexity index is 443. The zero-order valence-electron chi connectivity index (χ0n) is 7.01. The van der Waals surface area contributed by atoms with Crippen molar-refractivity contribution in [3.05, 3.63) is 42.2 Å². The van der Waals surface area contributed by atoms with Crippen LogP contribution in [0.15, 0.2) is 41.6 Å². The van der Waals surface area contributed by atoms with Gasteiger partial charge in [-0.1, -0.05) is 24.3 Å². The second-order valence-electron chi connectivity index (χ2n) is 2.70. The van der Waals surface area contributed by atoms with Crippen molar-refractivity contribution in [1.82, 2.24) is 4.98 Å². The number of benzene rings is 1. The van der Waals surface area contributed by atoms with E-state index in [1.54, 1.807) is 12.4 Å². The Morgan fingerprint density at radius 1 is 1.23 bits per heavy atom. The molecule has 0 radical (unpaired) electrons. The molecule has 1 heterocycles. The van der Waals surface area contributed by atoms with Crippen molar-refractivity contribution < 1.29 is 0 Å². The molecule has 13 heavy (non-hydrogen) atoms. The molecular formula is C10H9N3. The van der Waals surface area contributed by atoms with Crippen LogP contribution in [0, 0.1) is 0 Å². The molecule has 3 heteroatoms. The fourth-order valence-electron chi connectivity index (χ4n) is 1.32. The van der Waals surface area contributed by atoms with E-state index in [-0.39, 0.29) is 0 Å². The van der Waals surface area contributed by atoms with Crippen molar-refractivity contribution >= 4 is 17.0 Å². The predicted octanol–water partition coefficient (Wildman–Crippen LogP) is 1.53. The van der Waals surface area contributed by atoms with Gasteiger partial charge >= 0.3 is 0 Å². The molecule has 64 valence electrons. The number of hydrogen-bond acceptors (Lipinski definition) is 3. The predicted molar refractivity (Wildman–Crippen MR) is 53.5 cm³/mol. The highest BCUT2D eigenvalue weighted by molar-refractivity contribution is 5.97. The van der Waals surface area contributed by atoms with Gasteiger partial charge in [0.1, 0.15) is 0 Å². The smallest absolute Gasteiger partial charge is 0.0908 e. The third kappa shape index (κ3) is 1.36. The number of nitrogens with two attached hydrogens (primary N) is 1. The van der Waals surface area contributed by atoms with Crippen molar-refractivity contribution in [1.29, 1.82) is 0 Å². The summed E-state index contributed by atoms with van der Waals surface area (Å²) < 4.78 is 0. The molecule has 0 saturated carbocycles. The standard InChI is InChI=1S/C10H9N3/c11-13-7-10-9-4-2-1-3-8(9)5-6-12-10/h1-7H,11H2. The maximum absolute atomic E-state index is 5.08. The quantitative estimate of drug-likeness (QED) is 0.402. The first-order valence-electron chi connectivity index (χ1n) is 3.99.